The Balaban J connectivity index is 2.24. The summed E-state index contributed by atoms with van der Waals surface area (Å²) in [5.41, 5.74) is -1.88. The molecule has 6 heteroatoms. The SMILES string of the molecule is CC(C)(C)OC(=O)N1C(C)(C)CC(B2OC(C)(C)C(C)(C)O2)CC1(C)C. The minimum atomic E-state index is -0.508. The predicted octanol–water partition coefficient (Wildman–Crippen LogP) is 5.04. The van der Waals surface area contributed by atoms with Gasteiger partial charge in [-0.1, -0.05) is 0 Å². The van der Waals surface area contributed by atoms with Gasteiger partial charge in [-0.2, -0.15) is 0 Å². The van der Waals surface area contributed by atoms with Crippen molar-refractivity contribution < 1.29 is 18.8 Å². The number of carbonyl (C=O) groups excluding carboxylic acids is 1. The zero-order valence-corrected chi connectivity index (χ0v) is 18.6. The lowest BCUT2D eigenvalue weighted by atomic mass is 9.58. The van der Waals surface area contributed by atoms with E-state index >= 15 is 0 Å². The topological polar surface area (TPSA) is 48.0 Å². The summed E-state index contributed by atoms with van der Waals surface area (Å²) in [6.07, 6.45) is 1.37. The van der Waals surface area contributed by atoms with Crippen LogP contribution in [0.3, 0.4) is 0 Å². The first-order valence-corrected chi connectivity index (χ1v) is 9.77. The molecular weight excluding hydrogens is 329 g/mol. The van der Waals surface area contributed by atoms with E-state index in [-0.39, 0.29) is 41.3 Å². The lowest BCUT2D eigenvalue weighted by Crippen LogP contribution is -2.64. The minimum absolute atomic E-state index is 0.222. The highest BCUT2D eigenvalue weighted by Crippen LogP contribution is 2.50. The highest BCUT2D eigenvalue weighted by atomic mass is 16.7. The molecule has 2 heterocycles. The Labute approximate surface area is 160 Å². The Morgan fingerprint density at radius 3 is 1.65 bits per heavy atom. The molecule has 2 rings (SSSR count). The summed E-state index contributed by atoms with van der Waals surface area (Å²) in [7, 11) is -0.251. The third-order valence-corrected chi connectivity index (χ3v) is 5.97. The van der Waals surface area contributed by atoms with Gasteiger partial charge in [-0.25, -0.2) is 4.79 Å². The van der Waals surface area contributed by atoms with E-state index in [0.29, 0.717) is 0 Å². The molecule has 2 aliphatic heterocycles. The van der Waals surface area contributed by atoms with Gasteiger partial charge in [-0.05, 0) is 94.8 Å². The summed E-state index contributed by atoms with van der Waals surface area (Å²) in [4.78, 5) is 14.8. The number of nitrogens with zero attached hydrogens (tertiary/aromatic N) is 1. The average molecular weight is 367 g/mol. The lowest BCUT2D eigenvalue weighted by Gasteiger charge is -2.55. The van der Waals surface area contributed by atoms with Crippen molar-refractivity contribution in [3.8, 4) is 0 Å². The van der Waals surface area contributed by atoms with Crippen molar-refractivity contribution in [2.24, 2.45) is 0 Å². The number of piperidine rings is 1. The van der Waals surface area contributed by atoms with E-state index in [1.54, 1.807) is 0 Å². The van der Waals surface area contributed by atoms with Crippen LogP contribution in [0, 0.1) is 0 Å². The van der Waals surface area contributed by atoms with Crippen LogP contribution in [0.2, 0.25) is 5.82 Å². The molecule has 0 radical (unpaired) electrons. The number of amides is 1. The molecule has 0 bridgehead atoms. The molecule has 0 spiro atoms. The van der Waals surface area contributed by atoms with Crippen molar-refractivity contribution in [1.29, 1.82) is 0 Å². The van der Waals surface area contributed by atoms with Gasteiger partial charge in [0.2, 0.25) is 0 Å². The number of likely N-dealkylation sites (tertiary alicyclic amines) is 1. The summed E-state index contributed by atoms with van der Waals surface area (Å²) in [6.45, 7) is 22.5. The van der Waals surface area contributed by atoms with Crippen LogP contribution in [0.4, 0.5) is 4.79 Å². The summed E-state index contributed by atoms with van der Waals surface area (Å²) in [6, 6.07) is 0. The van der Waals surface area contributed by atoms with Crippen LogP contribution in [0.1, 0.15) is 89.0 Å². The molecule has 0 N–H and O–H groups in total. The van der Waals surface area contributed by atoms with Gasteiger partial charge in [0.1, 0.15) is 5.60 Å². The molecule has 2 aliphatic rings. The second kappa shape index (κ2) is 6.13. The van der Waals surface area contributed by atoms with Crippen molar-refractivity contribution in [2.75, 3.05) is 0 Å². The first-order chi connectivity index (χ1) is 11.4. The number of rotatable bonds is 1. The van der Waals surface area contributed by atoms with Crippen molar-refractivity contribution in [2.45, 2.75) is 123 Å². The molecule has 5 nitrogen and oxygen atoms in total. The fourth-order valence-corrected chi connectivity index (χ4v) is 4.43. The molecule has 0 saturated carbocycles. The lowest BCUT2D eigenvalue weighted by molar-refractivity contribution is -0.0530. The molecule has 2 saturated heterocycles. The van der Waals surface area contributed by atoms with Gasteiger partial charge in [-0.3, -0.25) is 4.90 Å². The molecule has 1 amide bonds. The highest BCUT2D eigenvalue weighted by molar-refractivity contribution is 6.47. The second-order valence-electron chi connectivity index (χ2n) is 11.2. The largest absolute Gasteiger partial charge is 0.461 e. The summed E-state index contributed by atoms with van der Waals surface area (Å²) < 4.78 is 18.3. The molecule has 0 aromatic carbocycles. The Morgan fingerprint density at radius 2 is 1.31 bits per heavy atom. The highest BCUT2D eigenvalue weighted by Gasteiger charge is 2.58. The minimum Gasteiger partial charge on any atom is -0.444 e. The second-order valence-corrected chi connectivity index (χ2v) is 11.2. The monoisotopic (exact) mass is 367 g/mol. The fraction of sp³-hybridized carbons (Fsp3) is 0.950. The van der Waals surface area contributed by atoms with Crippen LogP contribution in [0.5, 0.6) is 0 Å². The van der Waals surface area contributed by atoms with Crippen LogP contribution >= 0.6 is 0 Å². The van der Waals surface area contributed by atoms with Gasteiger partial charge in [0.25, 0.3) is 0 Å². The van der Waals surface area contributed by atoms with Crippen LogP contribution in [-0.4, -0.2) is 46.0 Å². The van der Waals surface area contributed by atoms with E-state index in [1.807, 2.05) is 25.7 Å². The Hall–Kier alpha value is -0.745. The summed E-state index contributed by atoms with van der Waals surface area (Å²) in [5, 5.41) is 0. The van der Waals surface area contributed by atoms with Gasteiger partial charge < -0.3 is 14.0 Å². The van der Waals surface area contributed by atoms with E-state index in [9.17, 15) is 4.79 Å². The van der Waals surface area contributed by atoms with Gasteiger partial charge >= 0.3 is 13.2 Å². The maximum atomic E-state index is 12.9. The van der Waals surface area contributed by atoms with E-state index < -0.39 is 5.60 Å². The third kappa shape index (κ3) is 4.06. The van der Waals surface area contributed by atoms with Gasteiger partial charge in [0.05, 0.1) is 11.2 Å². The Bertz CT molecular complexity index is 529. The maximum Gasteiger partial charge on any atom is 0.461 e. The molecule has 0 aliphatic carbocycles. The van der Waals surface area contributed by atoms with Crippen molar-refractivity contribution in [3.63, 3.8) is 0 Å². The fourth-order valence-electron chi connectivity index (χ4n) is 4.43. The maximum absolute atomic E-state index is 12.9. The normalized spacial score (nSPS) is 27.5. The standard InChI is InChI=1S/C20H38BNO4/c1-16(2,3)24-15(23)22-17(4,5)12-14(13-18(22,6)7)21-25-19(8,9)20(10,11)26-21/h14H,12-13H2,1-11H3. The van der Waals surface area contributed by atoms with Crippen LogP contribution in [0.15, 0.2) is 0 Å². The summed E-state index contributed by atoms with van der Waals surface area (Å²) >= 11 is 0. The molecule has 26 heavy (non-hydrogen) atoms. The van der Waals surface area contributed by atoms with Gasteiger partial charge in [0, 0.05) is 11.1 Å². The van der Waals surface area contributed by atoms with E-state index in [4.69, 9.17) is 14.0 Å². The number of carbonyl (C=O) groups is 1. The predicted molar refractivity (Wildman–Crippen MR) is 105 cm³/mol. The molecule has 0 aromatic rings. The number of hydrogen-bond donors (Lipinski definition) is 0. The van der Waals surface area contributed by atoms with Crippen LogP contribution < -0.4 is 0 Å². The number of ether oxygens (including phenoxy) is 1. The van der Waals surface area contributed by atoms with Crippen molar-refractivity contribution in [3.05, 3.63) is 0 Å². The van der Waals surface area contributed by atoms with Crippen LogP contribution in [0.25, 0.3) is 0 Å². The summed E-state index contributed by atoms with van der Waals surface area (Å²) in [5.74, 6) is 0.222. The van der Waals surface area contributed by atoms with Crippen molar-refractivity contribution >= 4 is 13.2 Å². The molecule has 150 valence electrons. The smallest absolute Gasteiger partial charge is 0.444 e. The first kappa shape index (κ1) is 21.6. The molecule has 0 unspecified atom stereocenters. The van der Waals surface area contributed by atoms with Crippen LogP contribution in [-0.2, 0) is 14.0 Å². The van der Waals surface area contributed by atoms with Gasteiger partial charge in [-0.15, -0.1) is 0 Å². The molecule has 0 aromatic heterocycles. The van der Waals surface area contributed by atoms with E-state index in [0.717, 1.165) is 12.8 Å². The Kier molecular flexibility index (Phi) is 5.08. The average Bonchev–Trinajstić information content (AvgIpc) is 2.52. The third-order valence-electron chi connectivity index (χ3n) is 5.97. The zero-order chi connectivity index (χ0) is 20.3. The van der Waals surface area contributed by atoms with Gasteiger partial charge in [0.15, 0.2) is 0 Å². The number of hydrogen-bond acceptors (Lipinski definition) is 4. The quantitative estimate of drug-likeness (QED) is 0.610. The molecular formula is C20H38BNO4. The molecule has 2 fully saturated rings. The molecule has 0 atom stereocenters. The first-order valence-electron chi connectivity index (χ1n) is 9.77. The Morgan fingerprint density at radius 1 is 0.923 bits per heavy atom. The van der Waals surface area contributed by atoms with Crippen molar-refractivity contribution in [1.82, 2.24) is 4.90 Å². The van der Waals surface area contributed by atoms with E-state index in [1.165, 1.54) is 0 Å². The van der Waals surface area contributed by atoms with E-state index in [2.05, 4.69) is 55.4 Å². The zero-order valence-electron chi connectivity index (χ0n) is 18.6.